The van der Waals surface area contributed by atoms with Gasteiger partial charge < -0.3 is 14.6 Å². The van der Waals surface area contributed by atoms with Gasteiger partial charge in [-0.15, -0.1) is 0 Å². The molecular formula is C24H26N2O4. The summed E-state index contributed by atoms with van der Waals surface area (Å²) in [7, 11) is 0. The van der Waals surface area contributed by atoms with E-state index in [1.54, 1.807) is 13.0 Å². The van der Waals surface area contributed by atoms with E-state index >= 15 is 0 Å². The van der Waals surface area contributed by atoms with E-state index in [0.29, 0.717) is 18.0 Å². The number of rotatable bonds is 9. The first-order valence-electron chi connectivity index (χ1n) is 10.1. The standard InChI is InChI=1S/C24H26N2O4/c1-3-4-15-20(23(27)25-21-16-17(2)30-26-21)29-24(28)22(18-11-7-5-8-12-18)19-13-9-6-10-14-19/h5-14,16,20,22H,3-4,15H2,1-2H3,(H,25,26,27)/t20-/m0/s1. The van der Waals surface area contributed by atoms with Gasteiger partial charge in [0.05, 0.1) is 0 Å². The van der Waals surface area contributed by atoms with Gasteiger partial charge in [-0.1, -0.05) is 79.2 Å². The van der Waals surface area contributed by atoms with Crippen LogP contribution < -0.4 is 5.32 Å². The summed E-state index contributed by atoms with van der Waals surface area (Å²) in [5, 5.41) is 6.45. The fraction of sp³-hybridized carbons (Fsp3) is 0.292. The second-order valence-corrected chi connectivity index (χ2v) is 7.13. The van der Waals surface area contributed by atoms with Gasteiger partial charge >= 0.3 is 5.97 Å². The van der Waals surface area contributed by atoms with Crippen LogP contribution >= 0.6 is 0 Å². The molecule has 6 heteroatoms. The van der Waals surface area contributed by atoms with E-state index in [-0.39, 0.29) is 0 Å². The predicted octanol–water partition coefficient (Wildman–Crippen LogP) is 4.86. The second kappa shape index (κ2) is 10.4. The summed E-state index contributed by atoms with van der Waals surface area (Å²) in [5.41, 5.74) is 1.63. The van der Waals surface area contributed by atoms with Gasteiger partial charge in [0.25, 0.3) is 5.91 Å². The molecule has 0 saturated heterocycles. The van der Waals surface area contributed by atoms with Crippen LogP contribution in [0.15, 0.2) is 71.3 Å². The number of aromatic nitrogens is 1. The van der Waals surface area contributed by atoms with Crippen molar-refractivity contribution in [1.82, 2.24) is 5.16 Å². The first-order chi connectivity index (χ1) is 14.6. The Hall–Kier alpha value is -3.41. The van der Waals surface area contributed by atoms with Crippen LogP contribution in [0.4, 0.5) is 5.82 Å². The zero-order chi connectivity index (χ0) is 21.3. The zero-order valence-electron chi connectivity index (χ0n) is 17.2. The number of hydrogen-bond donors (Lipinski definition) is 1. The Kier molecular flexibility index (Phi) is 7.38. The molecule has 0 aliphatic heterocycles. The van der Waals surface area contributed by atoms with E-state index in [1.165, 1.54) is 0 Å². The number of benzene rings is 2. The first kappa shape index (κ1) is 21.3. The molecule has 1 atom stereocenters. The Morgan fingerprint density at radius 1 is 1.03 bits per heavy atom. The van der Waals surface area contributed by atoms with Gasteiger partial charge in [0.1, 0.15) is 11.7 Å². The highest BCUT2D eigenvalue weighted by Crippen LogP contribution is 2.27. The van der Waals surface area contributed by atoms with Crippen molar-refractivity contribution in [2.24, 2.45) is 0 Å². The van der Waals surface area contributed by atoms with E-state index in [0.717, 1.165) is 24.0 Å². The molecule has 3 rings (SSSR count). The zero-order valence-corrected chi connectivity index (χ0v) is 17.2. The van der Waals surface area contributed by atoms with E-state index in [1.807, 2.05) is 67.6 Å². The lowest BCUT2D eigenvalue weighted by Crippen LogP contribution is -2.34. The summed E-state index contributed by atoms with van der Waals surface area (Å²) >= 11 is 0. The van der Waals surface area contributed by atoms with Crippen LogP contribution in [0.3, 0.4) is 0 Å². The molecule has 1 aromatic heterocycles. The minimum atomic E-state index is -0.913. The number of esters is 1. The third-order valence-electron chi connectivity index (χ3n) is 4.75. The van der Waals surface area contributed by atoms with Gasteiger partial charge in [-0.2, -0.15) is 0 Å². The van der Waals surface area contributed by atoms with E-state index in [4.69, 9.17) is 9.26 Å². The lowest BCUT2D eigenvalue weighted by molar-refractivity contribution is -0.155. The number of carbonyl (C=O) groups excluding carboxylic acids is 2. The van der Waals surface area contributed by atoms with Gasteiger partial charge in [-0.3, -0.25) is 9.59 Å². The molecule has 0 bridgehead atoms. The van der Waals surface area contributed by atoms with Crippen molar-refractivity contribution in [3.8, 4) is 0 Å². The van der Waals surface area contributed by atoms with E-state index in [2.05, 4.69) is 10.5 Å². The number of aryl methyl sites for hydroxylation is 1. The Balaban J connectivity index is 1.81. The average Bonchev–Trinajstić information content (AvgIpc) is 3.17. The maximum Gasteiger partial charge on any atom is 0.318 e. The molecule has 0 saturated carbocycles. The third-order valence-corrected chi connectivity index (χ3v) is 4.75. The monoisotopic (exact) mass is 406 g/mol. The van der Waals surface area contributed by atoms with Crippen molar-refractivity contribution in [2.75, 3.05) is 5.32 Å². The second-order valence-electron chi connectivity index (χ2n) is 7.13. The Morgan fingerprint density at radius 3 is 2.13 bits per heavy atom. The number of nitrogens with zero attached hydrogens (tertiary/aromatic N) is 1. The van der Waals surface area contributed by atoms with Crippen LogP contribution in [0.5, 0.6) is 0 Å². The normalized spacial score (nSPS) is 11.8. The summed E-state index contributed by atoms with van der Waals surface area (Å²) in [5.74, 6) is -0.595. The first-order valence-corrected chi connectivity index (χ1v) is 10.1. The average molecular weight is 406 g/mol. The maximum atomic E-state index is 13.2. The quantitative estimate of drug-likeness (QED) is 0.514. The van der Waals surface area contributed by atoms with Crippen molar-refractivity contribution >= 4 is 17.7 Å². The highest BCUT2D eigenvalue weighted by Gasteiger charge is 2.30. The van der Waals surface area contributed by atoms with Crippen LogP contribution in [0.2, 0.25) is 0 Å². The number of amides is 1. The number of anilines is 1. The molecule has 0 spiro atoms. The molecule has 6 nitrogen and oxygen atoms in total. The van der Waals surface area contributed by atoms with Gasteiger partial charge in [-0.05, 0) is 30.9 Å². The minimum absolute atomic E-state index is 0.303. The van der Waals surface area contributed by atoms with Gasteiger partial charge in [0.15, 0.2) is 11.9 Å². The molecule has 0 radical (unpaired) electrons. The number of carbonyl (C=O) groups is 2. The maximum absolute atomic E-state index is 13.2. The van der Waals surface area contributed by atoms with E-state index in [9.17, 15) is 9.59 Å². The summed E-state index contributed by atoms with van der Waals surface area (Å²) in [6, 6.07) is 20.5. The highest BCUT2D eigenvalue weighted by molar-refractivity contribution is 5.95. The molecule has 2 aromatic carbocycles. The van der Waals surface area contributed by atoms with Crippen molar-refractivity contribution in [1.29, 1.82) is 0 Å². The predicted molar refractivity (Wildman–Crippen MR) is 114 cm³/mol. The molecule has 156 valence electrons. The molecule has 0 aliphatic rings. The summed E-state index contributed by atoms with van der Waals surface area (Å²) in [6.07, 6.45) is 1.15. The van der Waals surface area contributed by atoms with Crippen molar-refractivity contribution < 1.29 is 18.8 Å². The van der Waals surface area contributed by atoms with Crippen LogP contribution in [0.25, 0.3) is 0 Å². The van der Waals surface area contributed by atoms with Crippen LogP contribution in [-0.2, 0) is 14.3 Å². The van der Waals surface area contributed by atoms with Crippen molar-refractivity contribution in [3.63, 3.8) is 0 Å². The van der Waals surface area contributed by atoms with Gasteiger partial charge in [0, 0.05) is 6.07 Å². The SMILES string of the molecule is CCCC[C@H](OC(=O)C(c1ccccc1)c1ccccc1)C(=O)Nc1cc(C)on1. The summed E-state index contributed by atoms with van der Waals surface area (Å²) in [6.45, 7) is 3.76. The number of nitrogens with one attached hydrogen (secondary N) is 1. The molecule has 30 heavy (non-hydrogen) atoms. The number of hydrogen-bond acceptors (Lipinski definition) is 5. The number of unbranched alkanes of at least 4 members (excludes halogenated alkanes) is 1. The Bertz CT molecular complexity index is 914. The van der Waals surface area contributed by atoms with Gasteiger partial charge in [0.2, 0.25) is 0 Å². The molecule has 1 N–H and O–H groups in total. The molecule has 0 aliphatic carbocycles. The Labute approximate surface area is 176 Å². The van der Waals surface area contributed by atoms with Crippen LogP contribution in [0, 0.1) is 6.92 Å². The van der Waals surface area contributed by atoms with Crippen LogP contribution in [0.1, 0.15) is 49.0 Å². The summed E-state index contributed by atoms with van der Waals surface area (Å²) in [4.78, 5) is 26.0. The smallest absolute Gasteiger partial charge is 0.318 e. The fourth-order valence-electron chi connectivity index (χ4n) is 3.23. The molecule has 1 heterocycles. The largest absolute Gasteiger partial charge is 0.452 e. The van der Waals surface area contributed by atoms with Crippen molar-refractivity contribution in [2.45, 2.75) is 45.1 Å². The van der Waals surface area contributed by atoms with Crippen molar-refractivity contribution in [3.05, 3.63) is 83.6 Å². The molecular weight excluding hydrogens is 380 g/mol. The molecule has 0 unspecified atom stereocenters. The topological polar surface area (TPSA) is 81.4 Å². The third kappa shape index (κ3) is 5.56. The molecule has 3 aromatic rings. The van der Waals surface area contributed by atoms with Gasteiger partial charge in [-0.25, -0.2) is 0 Å². The molecule has 1 amide bonds. The fourth-order valence-corrected chi connectivity index (χ4v) is 3.23. The molecule has 0 fully saturated rings. The highest BCUT2D eigenvalue weighted by atomic mass is 16.5. The van der Waals surface area contributed by atoms with E-state index < -0.39 is 23.9 Å². The Morgan fingerprint density at radius 2 is 1.63 bits per heavy atom. The van der Waals surface area contributed by atoms with Crippen LogP contribution in [-0.4, -0.2) is 23.1 Å². The minimum Gasteiger partial charge on any atom is -0.452 e. The summed E-state index contributed by atoms with van der Waals surface area (Å²) < 4.78 is 10.7. The lowest BCUT2D eigenvalue weighted by Gasteiger charge is -2.22. The number of ether oxygens (including phenoxy) is 1. The lowest BCUT2D eigenvalue weighted by atomic mass is 9.91.